The summed E-state index contributed by atoms with van der Waals surface area (Å²) in [5.74, 6) is -1.50. The van der Waals surface area contributed by atoms with Gasteiger partial charge >= 0.3 is 5.91 Å². The molecular formula is C23H19N3O3. The second-order valence-electron chi connectivity index (χ2n) is 7.59. The van der Waals surface area contributed by atoms with Gasteiger partial charge < -0.3 is 10.3 Å². The number of H-pyrrole nitrogens is 1. The molecule has 2 heterocycles. The van der Waals surface area contributed by atoms with Crippen LogP contribution in [0.25, 0.3) is 10.9 Å². The van der Waals surface area contributed by atoms with E-state index in [2.05, 4.69) is 15.3 Å². The summed E-state index contributed by atoms with van der Waals surface area (Å²) in [7, 11) is 0. The van der Waals surface area contributed by atoms with E-state index in [0.717, 1.165) is 41.6 Å². The lowest BCUT2D eigenvalue weighted by Gasteiger charge is -2.28. The Labute approximate surface area is 167 Å². The van der Waals surface area contributed by atoms with E-state index in [-0.39, 0.29) is 11.8 Å². The molecule has 6 nitrogen and oxygen atoms in total. The molecule has 1 aromatic heterocycles. The van der Waals surface area contributed by atoms with Crippen molar-refractivity contribution in [3.63, 3.8) is 0 Å². The molecule has 2 aliphatic carbocycles. The number of benzene rings is 1. The summed E-state index contributed by atoms with van der Waals surface area (Å²) in [6.07, 6.45) is 8.12. The Balaban J connectivity index is 1.45. The van der Waals surface area contributed by atoms with Gasteiger partial charge in [0.2, 0.25) is 0 Å². The van der Waals surface area contributed by atoms with E-state index in [1.165, 1.54) is 0 Å². The quantitative estimate of drug-likeness (QED) is 0.614. The monoisotopic (exact) mass is 385 g/mol. The molecule has 0 saturated carbocycles. The normalized spacial score (nSPS) is 21.8. The zero-order valence-corrected chi connectivity index (χ0v) is 15.9. The predicted molar refractivity (Wildman–Crippen MR) is 110 cm³/mol. The number of carbonyl (C=O) groups excluding carboxylic acids is 3. The molecule has 144 valence electrons. The summed E-state index contributed by atoms with van der Waals surface area (Å²) in [4.78, 5) is 44.8. The van der Waals surface area contributed by atoms with Crippen molar-refractivity contribution in [3.8, 4) is 0 Å². The highest BCUT2D eigenvalue weighted by molar-refractivity contribution is 6.47. The molecule has 1 atom stereocenters. The Hall–Kier alpha value is -3.54. The van der Waals surface area contributed by atoms with E-state index in [9.17, 15) is 14.4 Å². The molecule has 0 saturated heterocycles. The number of aliphatic imine (C=N–C) groups is 1. The predicted octanol–water partition coefficient (Wildman–Crippen LogP) is 3.31. The van der Waals surface area contributed by atoms with Crippen LogP contribution < -0.4 is 5.32 Å². The molecule has 2 N–H and O–H groups in total. The molecule has 6 heteroatoms. The van der Waals surface area contributed by atoms with Crippen molar-refractivity contribution >= 4 is 34.2 Å². The van der Waals surface area contributed by atoms with Crippen LogP contribution in [0.5, 0.6) is 0 Å². The number of allylic oxidation sites excluding steroid dienone is 3. The minimum Gasteiger partial charge on any atom is -0.358 e. The maximum absolute atomic E-state index is 12.8. The van der Waals surface area contributed by atoms with E-state index < -0.39 is 11.7 Å². The summed E-state index contributed by atoms with van der Waals surface area (Å²) in [6.45, 7) is 1.77. The van der Waals surface area contributed by atoms with Crippen LogP contribution in [0.15, 0.2) is 64.3 Å². The molecule has 29 heavy (non-hydrogen) atoms. The number of hydrogen-bond donors (Lipinski definition) is 2. The fraction of sp³-hybridized carbons (Fsp3) is 0.217. The molecule has 5 rings (SSSR count). The zero-order valence-electron chi connectivity index (χ0n) is 15.9. The lowest BCUT2D eigenvalue weighted by atomic mass is 9.85. The van der Waals surface area contributed by atoms with E-state index in [0.29, 0.717) is 22.4 Å². The van der Waals surface area contributed by atoms with E-state index in [1.807, 2.05) is 30.3 Å². The zero-order chi connectivity index (χ0) is 20.1. The van der Waals surface area contributed by atoms with Crippen LogP contribution in [0.3, 0.4) is 0 Å². The Morgan fingerprint density at radius 1 is 1.17 bits per heavy atom. The molecule has 2 aromatic rings. The molecule has 1 aliphatic heterocycles. The Morgan fingerprint density at radius 2 is 2.00 bits per heavy atom. The number of hydrogen-bond acceptors (Lipinski definition) is 3. The summed E-state index contributed by atoms with van der Waals surface area (Å²) in [6, 6.07) is 7.37. The highest BCUT2D eigenvalue weighted by atomic mass is 16.2. The molecule has 0 radical (unpaired) electrons. The minimum atomic E-state index is -0.823. The number of para-hydroxylation sites is 1. The Kier molecular flexibility index (Phi) is 3.94. The van der Waals surface area contributed by atoms with E-state index in [1.54, 1.807) is 19.1 Å². The number of carbonyl (C=O) groups is 3. The smallest absolute Gasteiger partial charge is 0.318 e. The number of nitrogens with zero attached hydrogens (tertiary/aromatic N) is 1. The number of ketones is 1. The van der Waals surface area contributed by atoms with Crippen molar-refractivity contribution in [3.05, 3.63) is 70.6 Å². The third-order valence-corrected chi connectivity index (χ3v) is 5.81. The van der Waals surface area contributed by atoms with Crippen LogP contribution in [0.1, 0.15) is 35.3 Å². The number of nitrogens with one attached hydrogen (secondary N) is 2. The SMILES string of the molecule is Cc1[nH]c2ccccc2c1C(=O)C(=O)N=C1C=CC2C(=C1)NC(=O)C1=C2CCC1. The number of aryl methyl sites for hydroxylation is 1. The molecule has 1 unspecified atom stereocenters. The molecule has 2 amide bonds. The van der Waals surface area contributed by atoms with Crippen molar-refractivity contribution in [1.29, 1.82) is 0 Å². The second kappa shape index (κ2) is 6.51. The fourth-order valence-corrected chi connectivity index (χ4v) is 4.50. The van der Waals surface area contributed by atoms with Crippen LogP contribution in [0.2, 0.25) is 0 Å². The van der Waals surface area contributed by atoms with E-state index in [4.69, 9.17) is 0 Å². The van der Waals surface area contributed by atoms with Gasteiger partial charge in [-0.2, -0.15) is 0 Å². The number of rotatable bonds is 2. The van der Waals surface area contributed by atoms with Crippen LogP contribution in [-0.4, -0.2) is 28.3 Å². The van der Waals surface area contributed by atoms with Crippen molar-refractivity contribution in [2.75, 3.05) is 0 Å². The lowest BCUT2D eigenvalue weighted by Crippen LogP contribution is -2.35. The number of amides is 2. The topological polar surface area (TPSA) is 91.4 Å². The summed E-state index contributed by atoms with van der Waals surface area (Å²) < 4.78 is 0. The first-order valence-corrected chi connectivity index (χ1v) is 9.70. The Bertz CT molecular complexity index is 1220. The van der Waals surface area contributed by atoms with Gasteiger partial charge in [0, 0.05) is 33.8 Å². The number of Topliss-reactive ketones (excluding diaryl/α,β-unsaturated/α-hetero) is 1. The van der Waals surface area contributed by atoms with Crippen molar-refractivity contribution in [1.82, 2.24) is 10.3 Å². The lowest BCUT2D eigenvalue weighted by molar-refractivity contribution is -0.117. The van der Waals surface area contributed by atoms with Gasteiger partial charge in [0.15, 0.2) is 0 Å². The highest BCUT2D eigenvalue weighted by Crippen LogP contribution is 2.39. The van der Waals surface area contributed by atoms with Crippen molar-refractivity contribution in [2.45, 2.75) is 26.2 Å². The molecule has 0 spiro atoms. The maximum Gasteiger partial charge on any atom is 0.318 e. The third-order valence-electron chi connectivity index (χ3n) is 5.81. The van der Waals surface area contributed by atoms with Crippen molar-refractivity contribution < 1.29 is 14.4 Å². The number of aromatic nitrogens is 1. The van der Waals surface area contributed by atoms with Gasteiger partial charge in [-0.15, -0.1) is 0 Å². The van der Waals surface area contributed by atoms with Crippen molar-refractivity contribution in [2.24, 2.45) is 10.9 Å². The maximum atomic E-state index is 12.8. The standard InChI is InChI=1S/C23H19N3O3/c1-12-20(17-5-2-3-8-18(17)24-12)21(27)23(29)25-13-9-10-15-14-6-4-7-16(14)22(28)26-19(15)11-13/h2-3,5,8-11,15,24H,4,6-7H2,1H3,(H,26,28). The van der Waals surface area contributed by atoms with Crippen LogP contribution >= 0.6 is 0 Å². The average Bonchev–Trinajstić information content (AvgIpc) is 3.31. The third kappa shape index (κ3) is 2.79. The van der Waals surface area contributed by atoms with Gasteiger partial charge in [0.25, 0.3) is 11.7 Å². The van der Waals surface area contributed by atoms with Gasteiger partial charge in [0.1, 0.15) is 0 Å². The van der Waals surface area contributed by atoms with Gasteiger partial charge in [-0.05, 0) is 50.0 Å². The average molecular weight is 385 g/mol. The number of aromatic amines is 1. The summed E-state index contributed by atoms with van der Waals surface area (Å²) in [5.41, 5.74) is 4.94. The Morgan fingerprint density at radius 3 is 2.86 bits per heavy atom. The number of fused-ring (bicyclic) bond motifs is 3. The highest BCUT2D eigenvalue weighted by Gasteiger charge is 2.34. The molecule has 3 aliphatic rings. The van der Waals surface area contributed by atoms with Gasteiger partial charge in [-0.3, -0.25) is 14.4 Å². The van der Waals surface area contributed by atoms with E-state index >= 15 is 0 Å². The van der Waals surface area contributed by atoms with Gasteiger partial charge in [-0.1, -0.05) is 24.3 Å². The molecular weight excluding hydrogens is 366 g/mol. The fourth-order valence-electron chi connectivity index (χ4n) is 4.50. The second-order valence-corrected chi connectivity index (χ2v) is 7.59. The summed E-state index contributed by atoms with van der Waals surface area (Å²) >= 11 is 0. The first-order valence-electron chi connectivity index (χ1n) is 9.70. The van der Waals surface area contributed by atoms with Gasteiger partial charge in [-0.25, -0.2) is 4.99 Å². The minimum absolute atomic E-state index is 0.0332. The largest absolute Gasteiger partial charge is 0.358 e. The molecule has 0 bridgehead atoms. The van der Waals surface area contributed by atoms with Gasteiger partial charge in [0.05, 0.1) is 11.3 Å². The first kappa shape index (κ1) is 17.6. The molecule has 1 aromatic carbocycles. The van der Waals surface area contributed by atoms with Crippen LogP contribution in [0.4, 0.5) is 0 Å². The summed E-state index contributed by atoms with van der Waals surface area (Å²) in [5, 5.41) is 3.62. The van der Waals surface area contributed by atoms with Crippen LogP contribution in [0, 0.1) is 12.8 Å². The molecule has 0 fully saturated rings. The first-order chi connectivity index (χ1) is 14.0. The van der Waals surface area contributed by atoms with Crippen LogP contribution in [-0.2, 0) is 9.59 Å².